The van der Waals surface area contributed by atoms with Crippen LogP contribution < -0.4 is 10.6 Å². The average Bonchev–Trinajstić information content (AvgIpc) is 2.76. The fourth-order valence-corrected chi connectivity index (χ4v) is 3.10. The van der Waals surface area contributed by atoms with Gasteiger partial charge in [0.05, 0.1) is 17.0 Å². The summed E-state index contributed by atoms with van der Waals surface area (Å²) in [5.41, 5.74) is 0. The predicted molar refractivity (Wildman–Crippen MR) is 73.0 cm³/mol. The van der Waals surface area contributed by atoms with Gasteiger partial charge in [0.2, 0.25) is 0 Å². The summed E-state index contributed by atoms with van der Waals surface area (Å²) < 4.78 is 0.730. The SMILES string of the molecule is O=C(NCc1ccc(Cl)s1)NC1CCC(O)CC1. The minimum Gasteiger partial charge on any atom is -0.393 e. The summed E-state index contributed by atoms with van der Waals surface area (Å²) in [7, 11) is 0. The molecule has 0 unspecified atom stereocenters. The third-order valence-electron chi connectivity index (χ3n) is 3.08. The third kappa shape index (κ3) is 4.15. The lowest BCUT2D eigenvalue weighted by Gasteiger charge is -2.26. The number of aliphatic hydroxyl groups excluding tert-OH is 1. The Kier molecular flexibility index (Phi) is 4.86. The van der Waals surface area contributed by atoms with Crippen molar-refractivity contribution in [2.45, 2.75) is 44.4 Å². The Bertz CT molecular complexity index is 403. The standard InChI is InChI=1S/C12H17ClN2O2S/c13-11-6-5-10(18-11)7-14-12(17)15-8-1-3-9(16)4-2-8/h5-6,8-9,16H,1-4,7H2,(H2,14,15,17). The molecule has 18 heavy (non-hydrogen) atoms. The van der Waals surface area contributed by atoms with E-state index >= 15 is 0 Å². The molecule has 0 bridgehead atoms. The molecule has 0 saturated heterocycles. The Labute approximate surface area is 115 Å². The summed E-state index contributed by atoms with van der Waals surface area (Å²) in [6.07, 6.45) is 3.04. The van der Waals surface area contributed by atoms with Crippen molar-refractivity contribution in [3.8, 4) is 0 Å². The van der Waals surface area contributed by atoms with Crippen LogP contribution in [0.4, 0.5) is 4.79 Å². The van der Waals surface area contributed by atoms with Gasteiger partial charge in [-0.3, -0.25) is 0 Å². The summed E-state index contributed by atoms with van der Waals surface area (Å²) >= 11 is 7.28. The molecule has 0 aromatic carbocycles. The van der Waals surface area contributed by atoms with E-state index in [1.165, 1.54) is 11.3 Å². The number of carbonyl (C=O) groups is 1. The van der Waals surface area contributed by atoms with Crippen molar-refractivity contribution < 1.29 is 9.90 Å². The van der Waals surface area contributed by atoms with Crippen molar-refractivity contribution >= 4 is 29.0 Å². The molecule has 6 heteroatoms. The molecule has 1 aromatic rings. The zero-order chi connectivity index (χ0) is 13.0. The van der Waals surface area contributed by atoms with Gasteiger partial charge in [-0.05, 0) is 37.8 Å². The Hall–Kier alpha value is -0.780. The van der Waals surface area contributed by atoms with Gasteiger partial charge in [0.25, 0.3) is 0 Å². The number of halogens is 1. The van der Waals surface area contributed by atoms with E-state index in [4.69, 9.17) is 11.6 Å². The smallest absolute Gasteiger partial charge is 0.315 e. The van der Waals surface area contributed by atoms with E-state index in [0.717, 1.165) is 34.9 Å². The molecule has 1 aliphatic rings. The largest absolute Gasteiger partial charge is 0.393 e. The van der Waals surface area contributed by atoms with Crippen molar-refractivity contribution in [1.82, 2.24) is 10.6 Å². The number of amides is 2. The number of nitrogens with one attached hydrogen (secondary N) is 2. The van der Waals surface area contributed by atoms with Gasteiger partial charge in [-0.15, -0.1) is 11.3 Å². The number of thiophene rings is 1. The van der Waals surface area contributed by atoms with Crippen LogP contribution in [-0.2, 0) is 6.54 Å². The molecule has 1 fully saturated rings. The molecule has 4 nitrogen and oxygen atoms in total. The van der Waals surface area contributed by atoms with Crippen LogP contribution in [0.25, 0.3) is 0 Å². The summed E-state index contributed by atoms with van der Waals surface area (Å²) in [4.78, 5) is 12.7. The lowest BCUT2D eigenvalue weighted by atomic mass is 9.93. The van der Waals surface area contributed by atoms with E-state index in [1.807, 2.05) is 12.1 Å². The maximum Gasteiger partial charge on any atom is 0.315 e. The van der Waals surface area contributed by atoms with E-state index in [-0.39, 0.29) is 18.2 Å². The van der Waals surface area contributed by atoms with Crippen molar-refractivity contribution in [3.05, 3.63) is 21.3 Å². The van der Waals surface area contributed by atoms with Crippen molar-refractivity contribution in [2.75, 3.05) is 0 Å². The Morgan fingerprint density at radius 1 is 1.39 bits per heavy atom. The van der Waals surface area contributed by atoms with Crippen LogP contribution >= 0.6 is 22.9 Å². The lowest BCUT2D eigenvalue weighted by Crippen LogP contribution is -2.43. The summed E-state index contributed by atoms with van der Waals surface area (Å²) in [5, 5.41) is 15.1. The maximum atomic E-state index is 11.7. The Morgan fingerprint density at radius 3 is 2.72 bits per heavy atom. The van der Waals surface area contributed by atoms with Crippen LogP contribution in [0.3, 0.4) is 0 Å². The lowest BCUT2D eigenvalue weighted by molar-refractivity contribution is 0.117. The molecule has 1 aliphatic carbocycles. The molecule has 0 spiro atoms. The molecular formula is C12H17ClN2O2S. The monoisotopic (exact) mass is 288 g/mol. The van der Waals surface area contributed by atoms with Gasteiger partial charge in [0.15, 0.2) is 0 Å². The normalized spacial score (nSPS) is 23.7. The first-order chi connectivity index (χ1) is 8.63. The van der Waals surface area contributed by atoms with Gasteiger partial charge in [0, 0.05) is 10.9 Å². The highest BCUT2D eigenvalue weighted by Crippen LogP contribution is 2.21. The highest BCUT2D eigenvalue weighted by Gasteiger charge is 2.20. The van der Waals surface area contributed by atoms with Gasteiger partial charge in [-0.1, -0.05) is 11.6 Å². The highest BCUT2D eigenvalue weighted by molar-refractivity contribution is 7.16. The topological polar surface area (TPSA) is 61.4 Å². The van der Waals surface area contributed by atoms with Crippen LogP contribution in [0.5, 0.6) is 0 Å². The van der Waals surface area contributed by atoms with Crippen LogP contribution in [-0.4, -0.2) is 23.3 Å². The van der Waals surface area contributed by atoms with E-state index in [9.17, 15) is 9.90 Å². The zero-order valence-corrected chi connectivity index (χ0v) is 11.6. The van der Waals surface area contributed by atoms with E-state index in [0.29, 0.717) is 6.54 Å². The summed E-state index contributed by atoms with van der Waals surface area (Å²) in [6.45, 7) is 0.499. The van der Waals surface area contributed by atoms with Crippen molar-refractivity contribution in [2.24, 2.45) is 0 Å². The Balaban J connectivity index is 1.69. The van der Waals surface area contributed by atoms with Crippen LogP contribution in [0.15, 0.2) is 12.1 Å². The number of urea groups is 1. The second-order valence-electron chi connectivity index (χ2n) is 4.54. The first kappa shape index (κ1) is 13.6. The quantitative estimate of drug-likeness (QED) is 0.800. The highest BCUT2D eigenvalue weighted by atomic mass is 35.5. The molecular weight excluding hydrogens is 272 g/mol. The van der Waals surface area contributed by atoms with Gasteiger partial charge in [-0.25, -0.2) is 4.79 Å². The summed E-state index contributed by atoms with van der Waals surface area (Å²) in [6, 6.07) is 3.76. The van der Waals surface area contributed by atoms with Crippen molar-refractivity contribution in [1.29, 1.82) is 0 Å². The fraction of sp³-hybridized carbons (Fsp3) is 0.583. The molecule has 0 aliphatic heterocycles. The van der Waals surface area contributed by atoms with Gasteiger partial charge in [-0.2, -0.15) is 0 Å². The molecule has 2 amide bonds. The molecule has 0 atom stereocenters. The minimum atomic E-state index is -0.195. The number of rotatable bonds is 3. The van der Waals surface area contributed by atoms with E-state index in [1.54, 1.807) is 0 Å². The van der Waals surface area contributed by atoms with Crippen molar-refractivity contribution in [3.63, 3.8) is 0 Å². The second kappa shape index (κ2) is 6.41. The van der Waals surface area contributed by atoms with Gasteiger partial charge < -0.3 is 15.7 Å². The van der Waals surface area contributed by atoms with Crippen LogP contribution in [0.1, 0.15) is 30.6 Å². The first-order valence-corrected chi connectivity index (χ1v) is 7.29. The molecule has 1 heterocycles. The molecule has 2 rings (SSSR count). The molecule has 1 aromatic heterocycles. The van der Waals surface area contributed by atoms with E-state index in [2.05, 4.69) is 10.6 Å². The average molecular weight is 289 g/mol. The number of aliphatic hydroxyl groups is 1. The minimum absolute atomic E-state index is 0.152. The second-order valence-corrected chi connectivity index (χ2v) is 6.34. The number of hydrogen-bond donors (Lipinski definition) is 3. The summed E-state index contributed by atoms with van der Waals surface area (Å²) in [5.74, 6) is 0. The predicted octanol–water partition coefficient (Wildman–Crippen LogP) is 2.50. The molecule has 3 N–H and O–H groups in total. The first-order valence-electron chi connectivity index (χ1n) is 6.10. The molecule has 0 radical (unpaired) electrons. The van der Waals surface area contributed by atoms with Crippen LogP contribution in [0.2, 0.25) is 4.34 Å². The Morgan fingerprint density at radius 2 is 2.11 bits per heavy atom. The van der Waals surface area contributed by atoms with Gasteiger partial charge in [0.1, 0.15) is 0 Å². The number of carbonyl (C=O) groups excluding carboxylic acids is 1. The van der Waals surface area contributed by atoms with Gasteiger partial charge >= 0.3 is 6.03 Å². The third-order valence-corrected chi connectivity index (χ3v) is 4.32. The fourth-order valence-electron chi connectivity index (χ4n) is 2.07. The molecule has 1 saturated carbocycles. The zero-order valence-electron chi connectivity index (χ0n) is 9.99. The molecule has 100 valence electrons. The maximum absolute atomic E-state index is 11.7. The number of hydrogen-bond acceptors (Lipinski definition) is 3. The van der Waals surface area contributed by atoms with E-state index < -0.39 is 0 Å². The van der Waals surface area contributed by atoms with Crippen LogP contribution in [0, 0.1) is 0 Å².